The number of rotatable bonds is 6. The van der Waals surface area contributed by atoms with Gasteiger partial charge in [0.2, 0.25) is 0 Å². The molecule has 1 saturated heterocycles. The number of carbonyl (C=O) groups excluding carboxylic acids is 1. The molecule has 0 aliphatic carbocycles. The zero-order valence-electron chi connectivity index (χ0n) is 17.6. The first-order valence-electron chi connectivity index (χ1n) is 10.0. The first kappa shape index (κ1) is 20.6. The SMILES string of the molecule is COc1ccc(NC(=O)N2CCN(Cc3nnnn3-c3ccc(OC)cc3)CC2)cc1. The van der Waals surface area contributed by atoms with E-state index in [1.165, 1.54) is 0 Å². The molecule has 0 unspecified atom stereocenters. The molecule has 31 heavy (non-hydrogen) atoms. The molecule has 2 aromatic carbocycles. The molecular weight excluding hydrogens is 398 g/mol. The number of nitrogens with zero attached hydrogens (tertiary/aromatic N) is 6. The molecule has 4 rings (SSSR count). The second kappa shape index (κ2) is 9.43. The summed E-state index contributed by atoms with van der Waals surface area (Å²) in [6.45, 7) is 3.35. The smallest absolute Gasteiger partial charge is 0.321 e. The summed E-state index contributed by atoms with van der Waals surface area (Å²) in [5.74, 6) is 2.28. The molecule has 1 aliphatic rings. The van der Waals surface area contributed by atoms with Crippen LogP contribution in [0.2, 0.25) is 0 Å². The molecule has 10 nitrogen and oxygen atoms in total. The van der Waals surface area contributed by atoms with Crippen LogP contribution < -0.4 is 14.8 Å². The highest BCUT2D eigenvalue weighted by atomic mass is 16.5. The lowest BCUT2D eigenvalue weighted by atomic mass is 10.3. The molecule has 0 atom stereocenters. The molecule has 1 fully saturated rings. The Kier molecular flexibility index (Phi) is 6.27. The molecule has 2 amide bonds. The Labute approximate surface area is 180 Å². The molecular formula is C21H25N7O3. The molecule has 3 aromatic rings. The second-order valence-electron chi connectivity index (χ2n) is 7.13. The quantitative estimate of drug-likeness (QED) is 0.648. The maximum atomic E-state index is 12.6. The minimum absolute atomic E-state index is 0.104. The Bertz CT molecular complexity index is 997. The van der Waals surface area contributed by atoms with Crippen LogP contribution in [0.25, 0.3) is 5.69 Å². The van der Waals surface area contributed by atoms with Gasteiger partial charge >= 0.3 is 6.03 Å². The van der Waals surface area contributed by atoms with Crippen LogP contribution in [0.15, 0.2) is 48.5 Å². The van der Waals surface area contributed by atoms with Gasteiger partial charge in [0.25, 0.3) is 0 Å². The van der Waals surface area contributed by atoms with Gasteiger partial charge in [0.15, 0.2) is 5.82 Å². The van der Waals surface area contributed by atoms with Gasteiger partial charge in [0.1, 0.15) is 11.5 Å². The molecule has 2 heterocycles. The number of carbonyl (C=O) groups is 1. The van der Waals surface area contributed by atoms with Crippen LogP contribution in [-0.2, 0) is 6.54 Å². The summed E-state index contributed by atoms with van der Waals surface area (Å²) < 4.78 is 12.1. The number of hydrogen-bond acceptors (Lipinski definition) is 7. The highest BCUT2D eigenvalue weighted by molar-refractivity contribution is 5.89. The summed E-state index contributed by atoms with van der Waals surface area (Å²) >= 11 is 0. The number of aromatic nitrogens is 4. The fraction of sp³-hybridized carbons (Fsp3) is 0.333. The highest BCUT2D eigenvalue weighted by Crippen LogP contribution is 2.17. The zero-order chi connectivity index (χ0) is 21.6. The van der Waals surface area contributed by atoms with Crippen molar-refractivity contribution in [3.63, 3.8) is 0 Å². The molecule has 162 valence electrons. The average Bonchev–Trinajstić information content (AvgIpc) is 3.28. The van der Waals surface area contributed by atoms with E-state index in [0.29, 0.717) is 19.6 Å². The van der Waals surface area contributed by atoms with E-state index in [-0.39, 0.29) is 6.03 Å². The van der Waals surface area contributed by atoms with Crippen LogP contribution >= 0.6 is 0 Å². The fourth-order valence-electron chi connectivity index (χ4n) is 3.41. The Hall–Kier alpha value is -3.66. The van der Waals surface area contributed by atoms with Gasteiger partial charge in [-0.15, -0.1) is 5.10 Å². The lowest BCUT2D eigenvalue weighted by Crippen LogP contribution is -2.49. The number of tetrazole rings is 1. The van der Waals surface area contributed by atoms with Crippen LogP contribution in [0.1, 0.15) is 5.82 Å². The number of methoxy groups -OCH3 is 2. The monoisotopic (exact) mass is 423 g/mol. The number of hydrogen-bond donors (Lipinski definition) is 1. The van der Waals surface area contributed by atoms with E-state index in [2.05, 4.69) is 25.7 Å². The fourth-order valence-corrected chi connectivity index (χ4v) is 3.41. The van der Waals surface area contributed by atoms with E-state index in [4.69, 9.17) is 9.47 Å². The van der Waals surface area contributed by atoms with Gasteiger partial charge in [0.05, 0.1) is 26.5 Å². The summed E-state index contributed by atoms with van der Waals surface area (Å²) in [5.41, 5.74) is 1.62. The first-order chi connectivity index (χ1) is 15.2. The normalized spacial score (nSPS) is 14.3. The lowest BCUT2D eigenvalue weighted by molar-refractivity contribution is 0.140. The van der Waals surface area contributed by atoms with Crippen LogP contribution in [0.4, 0.5) is 10.5 Å². The predicted octanol–water partition coefficient (Wildman–Crippen LogP) is 2.03. The van der Waals surface area contributed by atoms with Gasteiger partial charge in [-0.1, -0.05) is 0 Å². The molecule has 1 aliphatic heterocycles. The predicted molar refractivity (Wildman–Crippen MR) is 115 cm³/mol. The maximum Gasteiger partial charge on any atom is 0.321 e. The minimum Gasteiger partial charge on any atom is -0.497 e. The van der Waals surface area contributed by atoms with Gasteiger partial charge in [-0.05, 0) is 59.0 Å². The number of ether oxygens (including phenoxy) is 2. The van der Waals surface area contributed by atoms with Crippen LogP contribution in [0.5, 0.6) is 11.5 Å². The molecule has 1 N–H and O–H groups in total. The van der Waals surface area contributed by atoms with E-state index in [0.717, 1.165) is 41.8 Å². The Morgan fingerprint density at radius 1 is 0.935 bits per heavy atom. The summed E-state index contributed by atoms with van der Waals surface area (Å²) in [6.07, 6.45) is 0. The third kappa shape index (κ3) is 4.92. The molecule has 0 radical (unpaired) electrons. The number of piperazine rings is 1. The minimum atomic E-state index is -0.104. The summed E-state index contributed by atoms with van der Waals surface area (Å²) in [7, 11) is 3.25. The van der Waals surface area contributed by atoms with Gasteiger partial charge in [-0.25, -0.2) is 4.79 Å². The molecule has 1 aromatic heterocycles. The van der Waals surface area contributed by atoms with Crippen molar-refractivity contribution in [2.45, 2.75) is 6.54 Å². The van der Waals surface area contributed by atoms with E-state index in [1.54, 1.807) is 18.9 Å². The Morgan fingerprint density at radius 3 is 2.16 bits per heavy atom. The Morgan fingerprint density at radius 2 is 1.55 bits per heavy atom. The lowest BCUT2D eigenvalue weighted by Gasteiger charge is -2.34. The molecule has 0 bridgehead atoms. The third-order valence-electron chi connectivity index (χ3n) is 5.22. The van der Waals surface area contributed by atoms with Crippen molar-refractivity contribution in [2.75, 3.05) is 45.7 Å². The number of amides is 2. The summed E-state index contributed by atoms with van der Waals surface area (Å²) in [6, 6.07) is 14.8. The van der Waals surface area contributed by atoms with Gasteiger partial charge < -0.3 is 19.7 Å². The van der Waals surface area contributed by atoms with Crippen molar-refractivity contribution in [1.82, 2.24) is 30.0 Å². The summed E-state index contributed by atoms with van der Waals surface area (Å²) in [5, 5.41) is 15.1. The largest absolute Gasteiger partial charge is 0.497 e. The second-order valence-corrected chi connectivity index (χ2v) is 7.13. The van der Waals surface area contributed by atoms with Gasteiger partial charge in [0, 0.05) is 31.9 Å². The van der Waals surface area contributed by atoms with Crippen molar-refractivity contribution in [3.8, 4) is 17.2 Å². The third-order valence-corrected chi connectivity index (χ3v) is 5.22. The van der Waals surface area contributed by atoms with E-state index < -0.39 is 0 Å². The van der Waals surface area contributed by atoms with Crippen LogP contribution in [-0.4, -0.2) is 76.4 Å². The zero-order valence-corrected chi connectivity index (χ0v) is 17.6. The van der Waals surface area contributed by atoms with Crippen molar-refractivity contribution in [3.05, 3.63) is 54.4 Å². The Balaban J connectivity index is 1.31. The first-order valence-corrected chi connectivity index (χ1v) is 10.0. The van der Waals surface area contributed by atoms with E-state index in [1.807, 2.05) is 53.4 Å². The van der Waals surface area contributed by atoms with Crippen molar-refractivity contribution in [1.29, 1.82) is 0 Å². The van der Waals surface area contributed by atoms with Crippen molar-refractivity contribution in [2.24, 2.45) is 0 Å². The number of benzene rings is 2. The highest BCUT2D eigenvalue weighted by Gasteiger charge is 2.23. The summed E-state index contributed by atoms with van der Waals surface area (Å²) in [4.78, 5) is 16.6. The standard InChI is InChI=1S/C21H25N7O3/c1-30-18-7-3-16(4-8-18)22-21(29)27-13-11-26(12-14-27)15-20-23-24-25-28(20)17-5-9-19(31-2)10-6-17/h3-10H,11-15H2,1-2H3,(H,22,29). The maximum absolute atomic E-state index is 12.6. The molecule has 0 spiro atoms. The van der Waals surface area contributed by atoms with E-state index >= 15 is 0 Å². The topological polar surface area (TPSA) is 97.6 Å². The molecule has 10 heteroatoms. The van der Waals surface area contributed by atoms with E-state index in [9.17, 15) is 4.79 Å². The van der Waals surface area contributed by atoms with Crippen LogP contribution in [0, 0.1) is 0 Å². The number of nitrogens with one attached hydrogen (secondary N) is 1. The van der Waals surface area contributed by atoms with Crippen molar-refractivity contribution < 1.29 is 14.3 Å². The van der Waals surface area contributed by atoms with Crippen LogP contribution in [0.3, 0.4) is 0 Å². The molecule has 0 saturated carbocycles. The average molecular weight is 423 g/mol. The number of urea groups is 1. The van der Waals surface area contributed by atoms with Crippen molar-refractivity contribution >= 4 is 11.7 Å². The van der Waals surface area contributed by atoms with Gasteiger partial charge in [-0.2, -0.15) is 4.68 Å². The van der Waals surface area contributed by atoms with Gasteiger partial charge in [-0.3, -0.25) is 4.90 Å². The number of anilines is 1.